The second-order valence-electron chi connectivity index (χ2n) is 5.16. The summed E-state index contributed by atoms with van der Waals surface area (Å²) in [7, 11) is 0. The van der Waals surface area contributed by atoms with Gasteiger partial charge in [0.25, 0.3) is 5.69 Å². The summed E-state index contributed by atoms with van der Waals surface area (Å²) in [6.07, 6.45) is 2.24. The van der Waals surface area contributed by atoms with E-state index < -0.39 is 0 Å². The summed E-state index contributed by atoms with van der Waals surface area (Å²) in [5.41, 5.74) is 3.54. The quantitative estimate of drug-likeness (QED) is 0.616. The van der Waals surface area contributed by atoms with E-state index in [0.717, 1.165) is 24.1 Å². The van der Waals surface area contributed by atoms with Crippen molar-refractivity contribution < 1.29 is 4.92 Å². The molecule has 0 spiro atoms. The molecule has 0 fully saturated rings. The molecule has 0 bridgehead atoms. The maximum Gasteiger partial charge on any atom is 0.269 e. The predicted octanol–water partition coefficient (Wildman–Crippen LogP) is 4.72. The lowest BCUT2D eigenvalue weighted by atomic mass is 10.1. The molecular weight excluding hydrogens is 264 g/mol. The van der Waals surface area contributed by atoms with Crippen molar-refractivity contribution in [3.8, 4) is 0 Å². The van der Waals surface area contributed by atoms with Gasteiger partial charge in [-0.15, -0.1) is 0 Å². The van der Waals surface area contributed by atoms with Crippen LogP contribution in [0.25, 0.3) is 0 Å². The van der Waals surface area contributed by atoms with E-state index in [1.54, 1.807) is 12.1 Å². The van der Waals surface area contributed by atoms with Gasteiger partial charge >= 0.3 is 0 Å². The van der Waals surface area contributed by atoms with E-state index in [0.29, 0.717) is 0 Å². The molecule has 1 N–H and O–H groups in total. The molecule has 4 heteroatoms. The zero-order valence-electron chi connectivity index (χ0n) is 12.4. The Morgan fingerprint density at radius 2 is 1.71 bits per heavy atom. The minimum absolute atomic E-state index is 0.0998. The zero-order chi connectivity index (χ0) is 15.2. The second-order valence-corrected chi connectivity index (χ2v) is 5.16. The first kappa shape index (κ1) is 15.0. The molecule has 21 heavy (non-hydrogen) atoms. The average Bonchev–Trinajstić information content (AvgIpc) is 2.49. The first-order valence-electron chi connectivity index (χ1n) is 7.20. The topological polar surface area (TPSA) is 55.2 Å². The smallest absolute Gasteiger partial charge is 0.269 e. The Bertz CT molecular complexity index is 591. The SMILES string of the molecule is CCCc1ccc(NC(C)c2ccc([N+](=O)[O-])cc2)cc1. The highest BCUT2D eigenvalue weighted by atomic mass is 16.6. The Morgan fingerprint density at radius 1 is 1.10 bits per heavy atom. The van der Waals surface area contributed by atoms with Gasteiger partial charge in [-0.3, -0.25) is 10.1 Å². The normalized spacial score (nSPS) is 11.9. The molecule has 2 aromatic rings. The molecule has 1 unspecified atom stereocenters. The summed E-state index contributed by atoms with van der Waals surface area (Å²) in [5, 5.41) is 14.1. The number of nitro groups is 1. The van der Waals surface area contributed by atoms with Crippen LogP contribution in [0.1, 0.15) is 37.4 Å². The number of hydrogen-bond donors (Lipinski definition) is 1. The number of rotatable bonds is 6. The van der Waals surface area contributed by atoms with Gasteiger partial charge in [0.1, 0.15) is 0 Å². The Labute approximate surface area is 125 Å². The van der Waals surface area contributed by atoms with Crippen LogP contribution in [0.4, 0.5) is 11.4 Å². The number of nitro benzene ring substituents is 1. The molecule has 2 rings (SSSR count). The fourth-order valence-corrected chi connectivity index (χ4v) is 2.27. The fraction of sp³-hybridized carbons (Fsp3) is 0.294. The molecule has 0 aromatic heterocycles. The first-order chi connectivity index (χ1) is 10.1. The summed E-state index contributed by atoms with van der Waals surface area (Å²) < 4.78 is 0. The number of nitrogens with one attached hydrogen (secondary N) is 1. The van der Waals surface area contributed by atoms with Gasteiger partial charge in [-0.1, -0.05) is 37.6 Å². The van der Waals surface area contributed by atoms with E-state index in [-0.39, 0.29) is 16.7 Å². The molecule has 0 aliphatic rings. The third-order valence-electron chi connectivity index (χ3n) is 3.48. The standard InChI is InChI=1S/C17H20N2O2/c1-3-4-14-5-9-16(10-6-14)18-13(2)15-7-11-17(12-8-15)19(20)21/h5-13,18H,3-4H2,1-2H3. The van der Waals surface area contributed by atoms with Crippen molar-refractivity contribution in [3.63, 3.8) is 0 Å². The lowest BCUT2D eigenvalue weighted by Gasteiger charge is -2.16. The van der Waals surface area contributed by atoms with E-state index in [1.165, 1.54) is 17.7 Å². The Kier molecular flexibility index (Phi) is 4.93. The van der Waals surface area contributed by atoms with Crippen molar-refractivity contribution in [2.75, 3.05) is 5.32 Å². The lowest BCUT2D eigenvalue weighted by Crippen LogP contribution is -2.06. The van der Waals surface area contributed by atoms with Crippen LogP contribution in [0.3, 0.4) is 0 Å². The molecule has 0 aliphatic heterocycles. The Balaban J connectivity index is 2.03. The minimum atomic E-state index is -0.381. The van der Waals surface area contributed by atoms with Gasteiger partial charge in [-0.25, -0.2) is 0 Å². The minimum Gasteiger partial charge on any atom is -0.379 e. The van der Waals surface area contributed by atoms with Gasteiger partial charge in [0.15, 0.2) is 0 Å². The van der Waals surface area contributed by atoms with E-state index >= 15 is 0 Å². The molecule has 0 saturated heterocycles. The average molecular weight is 284 g/mol. The first-order valence-corrected chi connectivity index (χ1v) is 7.20. The fourth-order valence-electron chi connectivity index (χ4n) is 2.27. The van der Waals surface area contributed by atoms with E-state index in [2.05, 4.69) is 36.5 Å². The highest BCUT2D eigenvalue weighted by molar-refractivity contribution is 5.47. The lowest BCUT2D eigenvalue weighted by molar-refractivity contribution is -0.384. The van der Waals surface area contributed by atoms with Crippen molar-refractivity contribution in [2.45, 2.75) is 32.7 Å². The van der Waals surface area contributed by atoms with Gasteiger partial charge in [0.05, 0.1) is 4.92 Å². The summed E-state index contributed by atoms with van der Waals surface area (Å²) in [6.45, 7) is 4.21. The Morgan fingerprint density at radius 3 is 2.24 bits per heavy atom. The van der Waals surface area contributed by atoms with Crippen molar-refractivity contribution >= 4 is 11.4 Å². The maximum atomic E-state index is 10.6. The highest BCUT2D eigenvalue weighted by Gasteiger charge is 2.09. The molecule has 0 saturated carbocycles. The van der Waals surface area contributed by atoms with E-state index in [9.17, 15) is 10.1 Å². The van der Waals surface area contributed by atoms with Crippen LogP contribution in [0, 0.1) is 10.1 Å². The van der Waals surface area contributed by atoms with Crippen LogP contribution in [-0.2, 0) is 6.42 Å². The number of non-ortho nitro benzene ring substituents is 1. The molecule has 110 valence electrons. The number of nitrogens with zero attached hydrogens (tertiary/aromatic N) is 1. The van der Waals surface area contributed by atoms with Crippen LogP contribution in [-0.4, -0.2) is 4.92 Å². The molecule has 2 aromatic carbocycles. The van der Waals surface area contributed by atoms with Gasteiger partial charge in [-0.05, 0) is 36.6 Å². The van der Waals surface area contributed by atoms with Gasteiger partial charge in [0.2, 0.25) is 0 Å². The number of anilines is 1. The number of benzene rings is 2. The van der Waals surface area contributed by atoms with Crippen LogP contribution in [0.2, 0.25) is 0 Å². The third-order valence-corrected chi connectivity index (χ3v) is 3.48. The van der Waals surface area contributed by atoms with Gasteiger partial charge in [0, 0.05) is 23.9 Å². The van der Waals surface area contributed by atoms with Crippen molar-refractivity contribution in [1.29, 1.82) is 0 Å². The largest absolute Gasteiger partial charge is 0.379 e. The second kappa shape index (κ2) is 6.88. The molecule has 0 aliphatic carbocycles. The molecular formula is C17H20N2O2. The monoisotopic (exact) mass is 284 g/mol. The van der Waals surface area contributed by atoms with Crippen LogP contribution < -0.4 is 5.32 Å². The summed E-state index contributed by atoms with van der Waals surface area (Å²) in [5.74, 6) is 0. The van der Waals surface area contributed by atoms with Crippen molar-refractivity contribution in [3.05, 3.63) is 69.8 Å². The van der Waals surface area contributed by atoms with Crippen LogP contribution >= 0.6 is 0 Å². The third kappa shape index (κ3) is 4.05. The highest BCUT2D eigenvalue weighted by Crippen LogP contribution is 2.22. The van der Waals surface area contributed by atoms with Gasteiger partial charge in [-0.2, -0.15) is 0 Å². The zero-order valence-corrected chi connectivity index (χ0v) is 12.4. The van der Waals surface area contributed by atoms with Gasteiger partial charge < -0.3 is 5.32 Å². The van der Waals surface area contributed by atoms with E-state index in [1.807, 2.05) is 6.92 Å². The van der Waals surface area contributed by atoms with Crippen molar-refractivity contribution in [1.82, 2.24) is 0 Å². The molecule has 4 nitrogen and oxygen atoms in total. The number of aryl methyl sites for hydroxylation is 1. The summed E-state index contributed by atoms with van der Waals surface area (Å²) >= 11 is 0. The Hall–Kier alpha value is -2.36. The molecule has 1 atom stereocenters. The maximum absolute atomic E-state index is 10.6. The summed E-state index contributed by atoms with van der Waals surface area (Å²) in [6, 6.07) is 15.2. The van der Waals surface area contributed by atoms with Crippen LogP contribution in [0.15, 0.2) is 48.5 Å². The molecule has 0 radical (unpaired) electrons. The van der Waals surface area contributed by atoms with E-state index in [4.69, 9.17) is 0 Å². The molecule has 0 amide bonds. The predicted molar refractivity (Wildman–Crippen MR) is 85.6 cm³/mol. The van der Waals surface area contributed by atoms with Crippen LogP contribution in [0.5, 0.6) is 0 Å². The summed E-state index contributed by atoms with van der Waals surface area (Å²) in [4.78, 5) is 10.3. The number of hydrogen-bond acceptors (Lipinski definition) is 3. The molecule has 0 heterocycles. The van der Waals surface area contributed by atoms with Crippen molar-refractivity contribution in [2.24, 2.45) is 0 Å².